The maximum absolute atomic E-state index is 12.3. The Kier molecular flexibility index (Phi) is 27.6. The molecule has 2 unspecified atom stereocenters. The van der Waals surface area contributed by atoms with E-state index in [1.807, 2.05) is 0 Å². The fourth-order valence-electron chi connectivity index (χ4n) is 4.11. The Hall–Kier alpha value is 0.0200. The summed E-state index contributed by atoms with van der Waals surface area (Å²) in [4.78, 5) is 22.1. The number of rotatable bonds is 29. The normalized spacial score (nSPS) is 13.9. The van der Waals surface area contributed by atoms with Crippen molar-refractivity contribution in [3.63, 3.8) is 0 Å². The fraction of sp³-hybridized carbons (Fsp3) is 0.964. The van der Waals surface area contributed by atoms with Gasteiger partial charge in [0.1, 0.15) is 0 Å². The molecule has 37 heavy (non-hydrogen) atoms. The highest BCUT2D eigenvalue weighted by Gasteiger charge is 2.23. The van der Waals surface area contributed by atoms with Crippen molar-refractivity contribution in [2.75, 3.05) is 31.7 Å². The number of ether oxygens (including phenoxy) is 1. The molecule has 0 aromatic rings. The number of nitrogens with one attached hydrogen (secondary N) is 1. The van der Waals surface area contributed by atoms with Crippen LogP contribution in [0.15, 0.2) is 0 Å². The zero-order chi connectivity index (χ0) is 27.5. The number of hydrogen-bond acceptors (Lipinski definition) is 5. The number of amides is 1. The summed E-state index contributed by atoms with van der Waals surface area (Å²) in [6.45, 7) is 5.22. The molecule has 0 aliphatic rings. The second kappa shape index (κ2) is 27.6. The first-order valence-electron chi connectivity index (χ1n) is 15.0. The van der Waals surface area contributed by atoms with Gasteiger partial charge in [0, 0.05) is 24.9 Å². The molecular formula is C28H57BrNO6P. The number of alkyl halides is 1. The molecule has 7 nitrogen and oxygen atoms in total. The molecule has 0 saturated heterocycles. The van der Waals surface area contributed by atoms with Crippen LogP contribution in [-0.2, 0) is 23.1 Å². The van der Waals surface area contributed by atoms with Crippen LogP contribution in [0.3, 0.4) is 0 Å². The van der Waals surface area contributed by atoms with Gasteiger partial charge in [-0.1, -0.05) is 133 Å². The molecule has 0 heterocycles. The number of phosphoric acid groups is 1. The van der Waals surface area contributed by atoms with Crippen molar-refractivity contribution < 1.29 is 28.0 Å². The number of unbranched alkanes of at least 4 members (excludes halogenated alkanes) is 16. The van der Waals surface area contributed by atoms with Crippen LogP contribution in [0.25, 0.3) is 0 Å². The fourth-order valence-corrected chi connectivity index (χ4v) is 5.27. The molecule has 0 aliphatic carbocycles. The highest BCUT2D eigenvalue weighted by molar-refractivity contribution is 9.09. The monoisotopic (exact) mass is 613 g/mol. The molecule has 0 aromatic heterocycles. The Bertz CT molecular complexity index is 555. The molecule has 0 saturated carbocycles. The molecule has 0 aromatic carbocycles. The molecule has 9 heteroatoms. The van der Waals surface area contributed by atoms with Gasteiger partial charge in [-0.3, -0.25) is 13.8 Å². The van der Waals surface area contributed by atoms with Crippen molar-refractivity contribution in [1.29, 1.82) is 0 Å². The van der Waals surface area contributed by atoms with Crippen LogP contribution >= 0.6 is 23.8 Å². The Morgan fingerprint density at radius 2 is 1.24 bits per heavy atom. The first-order chi connectivity index (χ1) is 17.9. The zero-order valence-corrected chi connectivity index (χ0v) is 26.3. The number of phosphoric ester groups is 1. The lowest BCUT2D eigenvalue weighted by atomic mass is 10.1. The van der Waals surface area contributed by atoms with Crippen LogP contribution in [0.2, 0.25) is 0 Å². The molecule has 0 bridgehead atoms. The van der Waals surface area contributed by atoms with E-state index in [0.717, 1.165) is 25.7 Å². The van der Waals surface area contributed by atoms with Crippen molar-refractivity contribution >= 4 is 29.7 Å². The summed E-state index contributed by atoms with van der Waals surface area (Å²) in [5.74, 6) is -0.0110. The molecule has 222 valence electrons. The van der Waals surface area contributed by atoms with Crippen LogP contribution in [0, 0.1) is 0 Å². The predicted octanol–water partition coefficient (Wildman–Crippen LogP) is 8.47. The summed E-state index contributed by atoms with van der Waals surface area (Å²) in [7, 11) is -4.13. The van der Waals surface area contributed by atoms with E-state index >= 15 is 0 Å². The van der Waals surface area contributed by atoms with Crippen LogP contribution in [0.4, 0.5) is 0 Å². The largest absolute Gasteiger partial charge is 0.472 e. The van der Waals surface area contributed by atoms with Gasteiger partial charge in [-0.25, -0.2) is 4.57 Å². The third-order valence-electron chi connectivity index (χ3n) is 6.39. The summed E-state index contributed by atoms with van der Waals surface area (Å²) < 4.78 is 27.9. The Morgan fingerprint density at radius 3 is 1.76 bits per heavy atom. The minimum Gasteiger partial charge on any atom is -0.374 e. The molecule has 0 fully saturated rings. The average Bonchev–Trinajstić information content (AvgIpc) is 2.88. The summed E-state index contributed by atoms with van der Waals surface area (Å²) >= 11 is 3.16. The molecule has 2 atom stereocenters. The van der Waals surface area contributed by atoms with Gasteiger partial charge in [-0.2, -0.15) is 0 Å². The van der Waals surface area contributed by atoms with E-state index in [0.29, 0.717) is 18.4 Å². The number of hydrogen-bond donors (Lipinski definition) is 2. The van der Waals surface area contributed by atoms with Gasteiger partial charge in [0.2, 0.25) is 5.91 Å². The molecule has 0 radical (unpaired) electrons. The van der Waals surface area contributed by atoms with Gasteiger partial charge in [-0.05, 0) is 12.8 Å². The Labute approximate surface area is 236 Å². The highest BCUT2D eigenvalue weighted by atomic mass is 79.9. The molecule has 1 amide bonds. The van der Waals surface area contributed by atoms with E-state index in [4.69, 9.17) is 13.8 Å². The minimum atomic E-state index is -4.13. The molecule has 0 rings (SSSR count). The SMILES string of the molecule is CCCCCCCCCCCCCC(=O)NCC(COP(=O)(O)OCCBr)OCCCCCCCCC. The summed E-state index contributed by atoms with van der Waals surface area (Å²) in [5, 5.41) is 3.35. The quantitative estimate of drug-likeness (QED) is 0.0499. The van der Waals surface area contributed by atoms with Crippen LogP contribution < -0.4 is 5.32 Å². The van der Waals surface area contributed by atoms with Crippen LogP contribution in [0.5, 0.6) is 0 Å². The highest BCUT2D eigenvalue weighted by Crippen LogP contribution is 2.43. The standard InChI is InChI=1S/C28H57BrNO6P/c1-3-5-7-9-11-12-13-14-15-17-19-21-28(31)30-25-27(26-36-37(32,33)35-24-22-29)34-23-20-18-16-10-8-6-4-2/h27H,3-26H2,1-2H3,(H,30,31)(H,32,33). The average molecular weight is 615 g/mol. The minimum absolute atomic E-state index is 0.0110. The van der Waals surface area contributed by atoms with Crippen molar-refractivity contribution in [3.8, 4) is 0 Å². The lowest BCUT2D eigenvalue weighted by molar-refractivity contribution is -0.122. The second-order valence-electron chi connectivity index (χ2n) is 9.99. The maximum Gasteiger partial charge on any atom is 0.472 e. The molecule has 0 spiro atoms. The Morgan fingerprint density at radius 1 is 0.757 bits per heavy atom. The smallest absolute Gasteiger partial charge is 0.374 e. The lowest BCUT2D eigenvalue weighted by Gasteiger charge is -2.20. The summed E-state index contributed by atoms with van der Waals surface area (Å²) in [6.07, 6.45) is 22.0. The first kappa shape index (κ1) is 37.0. The molecule has 0 aliphatic heterocycles. The Balaban J connectivity index is 4.11. The van der Waals surface area contributed by atoms with Crippen LogP contribution in [0.1, 0.15) is 136 Å². The molecule has 2 N–H and O–H groups in total. The van der Waals surface area contributed by atoms with Gasteiger partial charge in [0.05, 0.1) is 19.3 Å². The van der Waals surface area contributed by atoms with Gasteiger partial charge >= 0.3 is 7.82 Å². The third kappa shape index (κ3) is 27.4. The van der Waals surface area contributed by atoms with E-state index < -0.39 is 13.9 Å². The maximum atomic E-state index is 12.3. The van der Waals surface area contributed by atoms with E-state index in [-0.39, 0.29) is 25.7 Å². The summed E-state index contributed by atoms with van der Waals surface area (Å²) in [6, 6.07) is 0. The van der Waals surface area contributed by atoms with E-state index in [1.165, 1.54) is 89.9 Å². The van der Waals surface area contributed by atoms with Crippen molar-refractivity contribution in [1.82, 2.24) is 5.32 Å². The predicted molar refractivity (Wildman–Crippen MR) is 157 cm³/mol. The van der Waals surface area contributed by atoms with Crippen molar-refractivity contribution in [3.05, 3.63) is 0 Å². The number of halogens is 1. The number of carbonyl (C=O) groups excluding carboxylic acids is 1. The summed E-state index contributed by atoms with van der Waals surface area (Å²) in [5.41, 5.74) is 0. The van der Waals surface area contributed by atoms with Gasteiger partial charge in [-0.15, -0.1) is 0 Å². The topological polar surface area (TPSA) is 94.1 Å². The molecular weight excluding hydrogens is 557 g/mol. The van der Waals surface area contributed by atoms with E-state index in [2.05, 4.69) is 35.1 Å². The van der Waals surface area contributed by atoms with Crippen LogP contribution in [-0.4, -0.2) is 48.6 Å². The van der Waals surface area contributed by atoms with Crippen molar-refractivity contribution in [2.24, 2.45) is 0 Å². The third-order valence-corrected chi connectivity index (χ3v) is 7.70. The van der Waals surface area contributed by atoms with Gasteiger partial charge in [0.25, 0.3) is 0 Å². The van der Waals surface area contributed by atoms with Gasteiger partial charge in [0.15, 0.2) is 0 Å². The lowest BCUT2D eigenvalue weighted by Crippen LogP contribution is -2.36. The second-order valence-corrected chi connectivity index (χ2v) is 12.2. The van der Waals surface area contributed by atoms with Crippen molar-refractivity contribution in [2.45, 2.75) is 142 Å². The zero-order valence-electron chi connectivity index (χ0n) is 23.9. The van der Waals surface area contributed by atoms with Gasteiger partial charge < -0.3 is 14.9 Å². The van der Waals surface area contributed by atoms with E-state index in [9.17, 15) is 14.3 Å². The number of carbonyl (C=O) groups is 1. The first-order valence-corrected chi connectivity index (χ1v) is 17.6. The van der Waals surface area contributed by atoms with E-state index in [1.54, 1.807) is 0 Å².